The number of unbranched alkanes of at least 4 members (excludes halogenated alkanes) is 3. The highest BCUT2D eigenvalue weighted by molar-refractivity contribution is 6.80. The van der Waals surface area contributed by atoms with Crippen LogP contribution in [-0.4, -0.2) is 15.2 Å². The first-order valence-corrected chi connectivity index (χ1v) is 25.5. The summed E-state index contributed by atoms with van der Waals surface area (Å²) in [5, 5.41) is 0. The molecule has 4 aliphatic carbocycles. The molecule has 0 saturated heterocycles. The molecule has 0 spiro atoms. The van der Waals surface area contributed by atoms with Crippen molar-refractivity contribution in [3.05, 3.63) is 125 Å². The third-order valence-corrected chi connectivity index (χ3v) is 20.0. The second-order valence-electron chi connectivity index (χ2n) is 20.8. The highest BCUT2D eigenvalue weighted by Crippen LogP contribution is 2.66. The summed E-state index contributed by atoms with van der Waals surface area (Å²) in [5.41, 5.74) is 12.9. The molecule has 2 heteroatoms. The van der Waals surface area contributed by atoms with Gasteiger partial charge in [-0.2, -0.15) is 0 Å². The van der Waals surface area contributed by atoms with Crippen LogP contribution in [0.3, 0.4) is 0 Å². The monoisotopic (exact) mass is 765 g/mol. The molecule has 0 radical (unpaired) electrons. The Kier molecular flexibility index (Phi) is 11.7. The lowest BCUT2D eigenvalue weighted by Gasteiger charge is -2.46. The van der Waals surface area contributed by atoms with E-state index in [4.69, 9.17) is 4.74 Å². The van der Waals surface area contributed by atoms with Gasteiger partial charge in [-0.05, 0) is 116 Å². The second kappa shape index (κ2) is 16.1. The van der Waals surface area contributed by atoms with E-state index in [1.807, 2.05) is 7.11 Å². The fourth-order valence-electron chi connectivity index (χ4n) is 12.5. The zero-order valence-electron chi connectivity index (χ0n) is 36.8. The van der Waals surface area contributed by atoms with E-state index in [-0.39, 0.29) is 10.8 Å². The molecule has 0 heterocycles. The summed E-state index contributed by atoms with van der Waals surface area (Å²) in [7, 11) is 0.00192. The van der Waals surface area contributed by atoms with Crippen LogP contribution in [0.1, 0.15) is 123 Å². The normalized spacial score (nSPS) is 27.5. The van der Waals surface area contributed by atoms with Gasteiger partial charge >= 0.3 is 0 Å². The van der Waals surface area contributed by atoms with Gasteiger partial charge < -0.3 is 4.74 Å². The number of allylic oxidation sites excluding steroid dienone is 8. The van der Waals surface area contributed by atoms with Crippen LogP contribution >= 0.6 is 0 Å². The van der Waals surface area contributed by atoms with Gasteiger partial charge in [0, 0.05) is 11.1 Å². The van der Waals surface area contributed by atoms with Crippen molar-refractivity contribution in [2.24, 2.45) is 35.5 Å². The zero-order chi connectivity index (χ0) is 40.0. The van der Waals surface area contributed by atoms with Crippen molar-refractivity contribution in [2.75, 3.05) is 7.11 Å². The average molecular weight is 765 g/mol. The highest BCUT2D eigenvalue weighted by Gasteiger charge is 2.58. The molecule has 0 aromatic heterocycles. The molecular formula is C54H72OSi. The summed E-state index contributed by atoms with van der Waals surface area (Å²) in [6.45, 7) is 24.7. The number of ether oxygens (including phenoxy) is 1. The molecule has 8 atom stereocenters. The highest BCUT2D eigenvalue weighted by atomic mass is 28.3. The Hall–Kier alpha value is -3.36. The van der Waals surface area contributed by atoms with Crippen molar-refractivity contribution in [1.82, 2.24) is 0 Å². The minimum absolute atomic E-state index is 0.0141. The van der Waals surface area contributed by atoms with Crippen LogP contribution < -0.4 is 4.74 Å². The molecule has 0 amide bonds. The van der Waals surface area contributed by atoms with Crippen molar-refractivity contribution < 1.29 is 4.74 Å². The zero-order valence-corrected chi connectivity index (χ0v) is 37.8. The maximum absolute atomic E-state index is 6.22. The van der Waals surface area contributed by atoms with Gasteiger partial charge in [0.15, 0.2) is 0 Å². The Morgan fingerprint density at radius 3 is 1.84 bits per heavy atom. The number of fused-ring (bicyclic) bond motifs is 2. The Labute approximate surface area is 342 Å². The van der Waals surface area contributed by atoms with Crippen LogP contribution in [0.15, 0.2) is 103 Å². The maximum atomic E-state index is 6.22. The van der Waals surface area contributed by atoms with Gasteiger partial charge in [0.1, 0.15) is 5.75 Å². The molecule has 298 valence electrons. The third kappa shape index (κ3) is 7.66. The van der Waals surface area contributed by atoms with Gasteiger partial charge in [0.25, 0.3) is 0 Å². The van der Waals surface area contributed by atoms with Crippen LogP contribution in [0.2, 0.25) is 24.2 Å². The van der Waals surface area contributed by atoms with Crippen molar-refractivity contribution in [3.63, 3.8) is 0 Å². The molecule has 1 nitrogen and oxygen atoms in total. The van der Waals surface area contributed by atoms with E-state index in [2.05, 4.69) is 172 Å². The minimum Gasteiger partial charge on any atom is -0.496 e. The van der Waals surface area contributed by atoms with E-state index in [0.717, 1.165) is 22.7 Å². The van der Waals surface area contributed by atoms with Crippen LogP contribution in [0, 0.1) is 35.5 Å². The number of hydrogen-bond acceptors (Lipinski definition) is 1. The fourth-order valence-corrected chi connectivity index (χ4v) is 18.8. The topological polar surface area (TPSA) is 9.23 Å². The van der Waals surface area contributed by atoms with E-state index in [0.29, 0.717) is 29.6 Å². The van der Waals surface area contributed by atoms with E-state index in [1.165, 1.54) is 78.3 Å². The number of hydrogen-bond donors (Lipinski definition) is 0. The predicted octanol–water partition coefficient (Wildman–Crippen LogP) is 15.5. The molecule has 2 fully saturated rings. The van der Waals surface area contributed by atoms with Crippen LogP contribution in [0.5, 0.6) is 5.75 Å². The fraction of sp³-hybridized carbons (Fsp3) is 0.519. The lowest BCUT2D eigenvalue weighted by atomic mass is 9.75. The molecule has 56 heavy (non-hydrogen) atoms. The molecule has 3 aromatic carbocycles. The summed E-state index contributed by atoms with van der Waals surface area (Å²) in [5.74, 6) is 4.95. The predicted molar refractivity (Wildman–Crippen MR) is 246 cm³/mol. The average Bonchev–Trinajstić information content (AvgIpc) is 3.73. The Morgan fingerprint density at radius 2 is 1.23 bits per heavy atom. The molecule has 8 unspecified atom stereocenters. The van der Waals surface area contributed by atoms with E-state index in [1.54, 1.807) is 11.1 Å². The first-order chi connectivity index (χ1) is 26.7. The van der Waals surface area contributed by atoms with Crippen LogP contribution in [-0.2, 0) is 10.8 Å². The largest absolute Gasteiger partial charge is 0.496 e. The molecule has 3 aromatic rings. The quantitative estimate of drug-likeness (QED) is 0.140. The van der Waals surface area contributed by atoms with E-state index in [9.17, 15) is 0 Å². The van der Waals surface area contributed by atoms with Gasteiger partial charge in [0.2, 0.25) is 0 Å². The summed E-state index contributed by atoms with van der Waals surface area (Å²) >= 11 is 0. The van der Waals surface area contributed by atoms with Gasteiger partial charge in [-0.25, -0.2) is 0 Å². The Morgan fingerprint density at radius 1 is 0.661 bits per heavy atom. The van der Waals surface area contributed by atoms with Crippen molar-refractivity contribution in [1.29, 1.82) is 0 Å². The molecule has 0 N–H and O–H groups in total. The Balaban J connectivity index is 1.25. The number of benzene rings is 3. The molecule has 2 saturated carbocycles. The summed E-state index contributed by atoms with van der Waals surface area (Å²) in [6.07, 6.45) is 24.7. The maximum Gasteiger partial charge on any atom is 0.126 e. The summed E-state index contributed by atoms with van der Waals surface area (Å²) < 4.78 is 6.22. The van der Waals surface area contributed by atoms with E-state index >= 15 is 0 Å². The van der Waals surface area contributed by atoms with Gasteiger partial charge in [-0.3, -0.25) is 0 Å². The molecule has 0 aliphatic heterocycles. The molecule has 4 aliphatic rings. The summed E-state index contributed by atoms with van der Waals surface area (Å²) in [4.78, 5) is 0. The van der Waals surface area contributed by atoms with Crippen molar-refractivity contribution in [3.8, 4) is 16.9 Å². The van der Waals surface area contributed by atoms with Crippen molar-refractivity contribution >= 4 is 19.2 Å². The molecular weight excluding hydrogens is 693 g/mol. The third-order valence-electron chi connectivity index (χ3n) is 14.8. The smallest absolute Gasteiger partial charge is 0.126 e. The first-order valence-electron chi connectivity index (χ1n) is 22.3. The van der Waals surface area contributed by atoms with Crippen molar-refractivity contribution in [2.45, 2.75) is 135 Å². The van der Waals surface area contributed by atoms with Gasteiger partial charge in [-0.15, -0.1) is 0 Å². The minimum atomic E-state index is -1.86. The molecule has 0 bridgehead atoms. The van der Waals surface area contributed by atoms with Gasteiger partial charge in [-0.1, -0.05) is 192 Å². The first kappa shape index (κ1) is 40.8. The molecule has 7 rings (SSSR count). The SMILES string of the molecule is CCCCCCC1CC2C(c3ccccc3-c3ccccc3)=CC=CC2C1[Si](C)(C)C1C(C)CC2C(c3cc(C(C)(C)C)c(OC)c(C(C)(C)C)c3)=CC=CC21. The standard InChI is InChI=1S/C54H72OSi/c1-12-13-14-16-25-38-33-47-43(42-27-20-19-26-40(42)37-23-17-15-18-24-37)29-22-31-45(47)52(38)56(10,11)51-36(2)32-46-41(28-21-30-44(46)51)39-34-48(53(3,4)5)50(55-9)49(35-39)54(6,7)8/h15,17-24,26-31,34-36,38,44-47,51-52H,12-14,16,25,32-33H2,1-11H3. The van der Waals surface area contributed by atoms with Gasteiger partial charge in [0.05, 0.1) is 15.2 Å². The lowest BCUT2D eigenvalue weighted by Crippen LogP contribution is -2.46. The van der Waals surface area contributed by atoms with Crippen LogP contribution in [0.4, 0.5) is 0 Å². The van der Waals surface area contributed by atoms with E-state index < -0.39 is 8.07 Å². The number of rotatable bonds is 11. The second-order valence-corrected chi connectivity index (χ2v) is 25.8. The lowest BCUT2D eigenvalue weighted by molar-refractivity contribution is 0.381. The Bertz CT molecular complexity index is 1940. The number of methoxy groups -OCH3 is 1. The summed E-state index contributed by atoms with van der Waals surface area (Å²) in [6, 6.07) is 25.3. The van der Waals surface area contributed by atoms with Crippen LogP contribution in [0.25, 0.3) is 22.3 Å².